The molecule has 1 aromatic rings. The van der Waals surface area contributed by atoms with E-state index in [0.717, 1.165) is 0 Å². The molecule has 7 nitrogen and oxygen atoms in total. The fourth-order valence-electron chi connectivity index (χ4n) is 2.55. The lowest BCUT2D eigenvalue weighted by molar-refractivity contribution is -0.0937. The Labute approximate surface area is 116 Å². The van der Waals surface area contributed by atoms with Crippen LogP contribution in [0.5, 0.6) is 0 Å². The molecule has 7 heteroatoms. The first-order valence-electron chi connectivity index (χ1n) is 6.69. The summed E-state index contributed by atoms with van der Waals surface area (Å²) in [6, 6.07) is -0.428. The molecule has 20 heavy (non-hydrogen) atoms. The predicted molar refractivity (Wildman–Crippen MR) is 73.7 cm³/mol. The van der Waals surface area contributed by atoms with E-state index in [4.69, 9.17) is 4.74 Å². The third-order valence-electron chi connectivity index (χ3n) is 4.12. The highest BCUT2D eigenvalue weighted by molar-refractivity contribution is 5.06. The highest BCUT2D eigenvalue weighted by atomic mass is 16.6. The Kier molecular flexibility index (Phi) is 3.86. The summed E-state index contributed by atoms with van der Waals surface area (Å²) in [4.78, 5) is 25.6. The Morgan fingerprint density at radius 2 is 2.20 bits per heavy atom. The molecule has 2 rings (SSSR count). The fourth-order valence-corrected chi connectivity index (χ4v) is 2.55. The first-order valence-corrected chi connectivity index (χ1v) is 6.69. The average molecular weight is 283 g/mol. The van der Waals surface area contributed by atoms with E-state index in [1.165, 1.54) is 10.8 Å². The zero-order valence-corrected chi connectivity index (χ0v) is 12.1. The molecular formula is C13H21N3O4. The number of nitrogens with zero attached hydrogens (tertiary/aromatic N) is 1. The van der Waals surface area contributed by atoms with Crippen molar-refractivity contribution in [2.75, 3.05) is 7.05 Å². The highest BCUT2D eigenvalue weighted by Gasteiger charge is 2.51. The molecule has 1 aliphatic heterocycles. The number of aliphatic hydroxyl groups excluding tert-OH is 1. The van der Waals surface area contributed by atoms with Crippen molar-refractivity contribution in [2.24, 2.45) is 0 Å². The van der Waals surface area contributed by atoms with Gasteiger partial charge in [0.2, 0.25) is 0 Å². The number of aryl methyl sites for hydroxylation is 1. The summed E-state index contributed by atoms with van der Waals surface area (Å²) < 4.78 is 7.23. The lowest BCUT2D eigenvalue weighted by atomic mass is 9.93. The Balaban J connectivity index is 2.50. The molecule has 112 valence electrons. The minimum Gasteiger partial charge on any atom is -0.388 e. The van der Waals surface area contributed by atoms with Crippen molar-refractivity contribution < 1.29 is 9.84 Å². The number of nitrogens with one attached hydrogen (secondary N) is 2. The number of rotatable bonds is 3. The number of ether oxygens (including phenoxy) is 1. The van der Waals surface area contributed by atoms with Crippen molar-refractivity contribution in [3.05, 3.63) is 32.6 Å². The van der Waals surface area contributed by atoms with Crippen molar-refractivity contribution in [3.8, 4) is 0 Å². The molecule has 0 radical (unpaired) electrons. The van der Waals surface area contributed by atoms with E-state index >= 15 is 0 Å². The van der Waals surface area contributed by atoms with Crippen LogP contribution in [0.15, 0.2) is 15.8 Å². The molecule has 3 N–H and O–H groups in total. The molecule has 0 aromatic carbocycles. The summed E-state index contributed by atoms with van der Waals surface area (Å²) in [7, 11) is 1.70. The largest absolute Gasteiger partial charge is 0.388 e. The Bertz CT molecular complexity index is 608. The van der Waals surface area contributed by atoms with Crippen molar-refractivity contribution in [1.29, 1.82) is 0 Å². The normalized spacial score (nSPS) is 33.5. The lowest BCUT2D eigenvalue weighted by Gasteiger charge is -2.26. The van der Waals surface area contributed by atoms with E-state index < -0.39 is 35.2 Å². The third kappa shape index (κ3) is 2.21. The molecule has 0 unspecified atom stereocenters. The Morgan fingerprint density at radius 1 is 1.55 bits per heavy atom. The minimum atomic E-state index is -0.748. The summed E-state index contributed by atoms with van der Waals surface area (Å²) in [6.45, 7) is 5.35. The molecule has 0 saturated carbocycles. The summed E-state index contributed by atoms with van der Waals surface area (Å²) in [5, 5.41) is 13.4. The van der Waals surface area contributed by atoms with Gasteiger partial charge in [-0.2, -0.15) is 0 Å². The average Bonchev–Trinajstić information content (AvgIpc) is 2.67. The van der Waals surface area contributed by atoms with Gasteiger partial charge in [0.25, 0.3) is 5.56 Å². The lowest BCUT2D eigenvalue weighted by Crippen LogP contribution is -2.46. The zero-order chi connectivity index (χ0) is 15.1. The maximum absolute atomic E-state index is 12.0. The number of aromatic amines is 1. The summed E-state index contributed by atoms with van der Waals surface area (Å²) in [6.07, 6.45) is 0.661. The van der Waals surface area contributed by atoms with Crippen LogP contribution in [0, 0.1) is 6.92 Å². The standard InChI is InChI=1S/C13H21N3O4/c1-5-13(3)9(17)8(14-4)11(20-13)16-6-7(2)10(18)15-12(16)19/h6,8-9,11,14,17H,5H2,1-4H3,(H,15,18,19)/t8-,9+,11-,13-/m1/s1. The second-order valence-corrected chi connectivity index (χ2v) is 5.41. The van der Waals surface area contributed by atoms with Gasteiger partial charge >= 0.3 is 5.69 Å². The van der Waals surface area contributed by atoms with E-state index in [0.29, 0.717) is 12.0 Å². The summed E-state index contributed by atoms with van der Waals surface area (Å²) >= 11 is 0. The number of aliphatic hydroxyl groups is 1. The van der Waals surface area contributed by atoms with E-state index in [9.17, 15) is 14.7 Å². The van der Waals surface area contributed by atoms with E-state index in [1.807, 2.05) is 13.8 Å². The van der Waals surface area contributed by atoms with Gasteiger partial charge < -0.3 is 15.2 Å². The van der Waals surface area contributed by atoms with Gasteiger partial charge in [-0.1, -0.05) is 6.92 Å². The zero-order valence-electron chi connectivity index (χ0n) is 12.1. The van der Waals surface area contributed by atoms with Crippen LogP contribution >= 0.6 is 0 Å². The Hall–Kier alpha value is -1.44. The number of hydrogen-bond donors (Lipinski definition) is 3. The predicted octanol–water partition coefficient (Wildman–Crippen LogP) is -0.509. The monoisotopic (exact) mass is 283 g/mol. The van der Waals surface area contributed by atoms with E-state index in [1.54, 1.807) is 14.0 Å². The Morgan fingerprint density at radius 3 is 2.75 bits per heavy atom. The molecule has 0 spiro atoms. The molecule has 1 aliphatic rings. The maximum atomic E-state index is 12.0. The van der Waals surface area contributed by atoms with Crippen LogP contribution in [-0.4, -0.2) is 39.5 Å². The molecule has 0 bridgehead atoms. The molecule has 0 aliphatic carbocycles. The topological polar surface area (TPSA) is 96.4 Å². The second kappa shape index (κ2) is 5.16. The summed E-state index contributed by atoms with van der Waals surface area (Å²) in [5.74, 6) is 0. The first kappa shape index (κ1) is 15.0. The molecule has 4 atom stereocenters. The second-order valence-electron chi connectivity index (χ2n) is 5.41. The number of aromatic nitrogens is 2. The molecular weight excluding hydrogens is 262 g/mol. The van der Waals surface area contributed by atoms with E-state index in [-0.39, 0.29) is 0 Å². The van der Waals surface area contributed by atoms with Crippen molar-refractivity contribution in [2.45, 2.75) is 51.2 Å². The smallest absolute Gasteiger partial charge is 0.330 e. The number of hydrogen-bond acceptors (Lipinski definition) is 5. The van der Waals surface area contributed by atoms with Gasteiger partial charge in [0.1, 0.15) is 6.10 Å². The van der Waals surface area contributed by atoms with Gasteiger partial charge in [0.05, 0.1) is 11.6 Å². The van der Waals surface area contributed by atoms with Crippen molar-refractivity contribution >= 4 is 0 Å². The van der Waals surface area contributed by atoms with Crippen molar-refractivity contribution in [1.82, 2.24) is 14.9 Å². The summed E-state index contributed by atoms with van der Waals surface area (Å²) in [5.41, 5.74) is -1.27. The van der Waals surface area contributed by atoms with Gasteiger partial charge in [0.15, 0.2) is 6.23 Å². The van der Waals surface area contributed by atoms with Crippen LogP contribution in [0.3, 0.4) is 0 Å². The fraction of sp³-hybridized carbons (Fsp3) is 0.692. The van der Waals surface area contributed by atoms with Crippen LogP contribution in [0.1, 0.15) is 32.1 Å². The molecule has 1 fully saturated rings. The van der Waals surface area contributed by atoms with Gasteiger partial charge in [-0.15, -0.1) is 0 Å². The number of likely N-dealkylation sites (N-methyl/N-ethyl adjacent to an activating group) is 1. The van der Waals surface area contributed by atoms with Crippen LogP contribution in [0.4, 0.5) is 0 Å². The molecule has 2 heterocycles. The van der Waals surface area contributed by atoms with Crippen LogP contribution in [0.25, 0.3) is 0 Å². The number of H-pyrrole nitrogens is 1. The first-order chi connectivity index (χ1) is 9.34. The third-order valence-corrected chi connectivity index (χ3v) is 4.12. The van der Waals surface area contributed by atoms with Gasteiger partial charge in [-0.05, 0) is 27.3 Å². The molecule has 1 aromatic heterocycles. The molecule has 0 amide bonds. The minimum absolute atomic E-state index is 0.413. The van der Waals surface area contributed by atoms with Gasteiger partial charge in [-0.25, -0.2) is 4.79 Å². The van der Waals surface area contributed by atoms with Gasteiger partial charge in [0, 0.05) is 11.8 Å². The highest BCUT2D eigenvalue weighted by Crippen LogP contribution is 2.38. The van der Waals surface area contributed by atoms with Crippen LogP contribution in [0.2, 0.25) is 0 Å². The van der Waals surface area contributed by atoms with Crippen LogP contribution < -0.4 is 16.6 Å². The van der Waals surface area contributed by atoms with Crippen LogP contribution in [-0.2, 0) is 4.74 Å². The quantitative estimate of drug-likeness (QED) is 0.694. The SMILES string of the molecule is CC[C@@]1(C)O[C@@H](n2cc(C)c(=O)[nH]c2=O)[C@H](NC)[C@@H]1O. The maximum Gasteiger partial charge on any atom is 0.330 e. The van der Waals surface area contributed by atoms with Crippen molar-refractivity contribution in [3.63, 3.8) is 0 Å². The molecule has 1 saturated heterocycles. The van der Waals surface area contributed by atoms with Gasteiger partial charge in [-0.3, -0.25) is 14.3 Å². The van der Waals surface area contributed by atoms with E-state index in [2.05, 4.69) is 10.3 Å².